The van der Waals surface area contributed by atoms with Crippen molar-refractivity contribution in [3.8, 4) is 11.1 Å². The number of carbonyl (C=O) groups is 2. The molecule has 0 radical (unpaired) electrons. The first-order valence-corrected chi connectivity index (χ1v) is 12.0. The number of fused-ring (bicyclic) bond motifs is 2. The molecule has 0 saturated heterocycles. The molecule has 1 aromatic heterocycles. The van der Waals surface area contributed by atoms with Crippen LogP contribution < -0.4 is 11.1 Å². The molecule has 0 aliphatic carbocycles. The zero-order chi connectivity index (χ0) is 26.1. The fraction of sp³-hybridized carbons (Fsp3) is 0.214. The van der Waals surface area contributed by atoms with Gasteiger partial charge in [0, 0.05) is 31.6 Å². The number of hydrogen-bond acceptors (Lipinski definition) is 6. The largest absolute Gasteiger partial charge is 0.481 e. The highest BCUT2D eigenvalue weighted by atomic mass is 35.5. The standard InChI is InChI=1S/C28H26FN5O3.2ClH/c1-16(27(36)37)12-31-13-18-6-8-21(29)11-22(18)17-7-9-24-23(10-17)25(33-28(30)32-24)26(35)34-14-19-4-2-3-5-20(19)15-34;;/h2-11,16,31H,12-15H2,1H3,(H,36,37)(H2,30,32,33);2*1H. The van der Waals surface area contributed by atoms with Gasteiger partial charge in [0.05, 0.1) is 11.4 Å². The molecule has 1 aliphatic heterocycles. The summed E-state index contributed by atoms with van der Waals surface area (Å²) < 4.78 is 14.3. The van der Waals surface area contributed by atoms with E-state index in [-0.39, 0.29) is 48.9 Å². The summed E-state index contributed by atoms with van der Waals surface area (Å²) in [6.45, 7) is 3.20. The lowest BCUT2D eigenvalue weighted by molar-refractivity contribution is -0.140. The minimum Gasteiger partial charge on any atom is -0.481 e. The Labute approximate surface area is 237 Å². The molecule has 8 nitrogen and oxygen atoms in total. The molecule has 0 saturated carbocycles. The molecule has 1 aliphatic rings. The average Bonchev–Trinajstić information content (AvgIpc) is 3.32. The van der Waals surface area contributed by atoms with Gasteiger partial charge in [-0.05, 0) is 52.1 Å². The van der Waals surface area contributed by atoms with Gasteiger partial charge in [0.15, 0.2) is 0 Å². The molecule has 39 heavy (non-hydrogen) atoms. The van der Waals surface area contributed by atoms with Gasteiger partial charge in [-0.2, -0.15) is 0 Å². The molecule has 2 heterocycles. The van der Waals surface area contributed by atoms with Crippen LogP contribution in [0.3, 0.4) is 0 Å². The highest BCUT2D eigenvalue weighted by molar-refractivity contribution is 6.06. The molecule has 204 valence electrons. The molecule has 1 unspecified atom stereocenters. The lowest BCUT2D eigenvalue weighted by Gasteiger charge is -2.17. The van der Waals surface area contributed by atoms with Gasteiger partial charge in [0.2, 0.25) is 5.95 Å². The number of amides is 1. The summed E-state index contributed by atoms with van der Waals surface area (Å²) in [5.41, 5.74) is 10.9. The van der Waals surface area contributed by atoms with Crippen molar-refractivity contribution in [1.29, 1.82) is 0 Å². The van der Waals surface area contributed by atoms with Gasteiger partial charge >= 0.3 is 5.97 Å². The first-order chi connectivity index (χ1) is 17.8. The second-order valence-electron chi connectivity index (χ2n) is 9.26. The van der Waals surface area contributed by atoms with Crippen molar-refractivity contribution in [1.82, 2.24) is 20.2 Å². The maximum atomic E-state index is 14.3. The fourth-order valence-corrected chi connectivity index (χ4v) is 4.59. The molecule has 1 amide bonds. The molecular formula is C28H28Cl2FN5O3. The van der Waals surface area contributed by atoms with E-state index in [0.29, 0.717) is 41.7 Å². The number of rotatable bonds is 7. The van der Waals surface area contributed by atoms with Crippen LogP contribution in [0.5, 0.6) is 0 Å². The van der Waals surface area contributed by atoms with Gasteiger partial charge in [-0.15, -0.1) is 24.8 Å². The summed E-state index contributed by atoms with van der Waals surface area (Å²) in [6.07, 6.45) is 0. The lowest BCUT2D eigenvalue weighted by Crippen LogP contribution is -2.27. The number of carboxylic acids is 1. The van der Waals surface area contributed by atoms with Crippen molar-refractivity contribution < 1.29 is 19.1 Å². The molecule has 0 bridgehead atoms. The number of nitrogens with two attached hydrogens (primary N) is 1. The molecule has 11 heteroatoms. The first kappa shape index (κ1) is 29.8. The first-order valence-electron chi connectivity index (χ1n) is 12.0. The number of nitrogens with zero attached hydrogens (tertiary/aromatic N) is 3. The Bertz CT molecular complexity index is 1510. The van der Waals surface area contributed by atoms with Crippen LogP contribution >= 0.6 is 24.8 Å². The number of nitrogen functional groups attached to an aromatic ring is 1. The summed E-state index contributed by atoms with van der Waals surface area (Å²) in [5.74, 6) is -2.10. The highest BCUT2D eigenvalue weighted by Crippen LogP contribution is 2.31. The van der Waals surface area contributed by atoms with Gasteiger partial charge in [-0.1, -0.05) is 43.3 Å². The summed E-state index contributed by atoms with van der Waals surface area (Å²) in [4.78, 5) is 35.0. The van der Waals surface area contributed by atoms with Crippen LogP contribution in [0.1, 0.15) is 34.1 Å². The second kappa shape index (κ2) is 12.4. The van der Waals surface area contributed by atoms with Crippen LogP contribution in [0.25, 0.3) is 22.0 Å². The maximum Gasteiger partial charge on any atom is 0.307 e. The van der Waals surface area contributed by atoms with Crippen LogP contribution in [-0.2, 0) is 24.4 Å². The number of aliphatic carboxylic acids is 1. The topological polar surface area (TPSA) is 121 Å². The molecule has 1 atom stereocenters. The van der Waals surface area contributed by atoms with Gasteiger partial charge < -0.3 is 21.1 Å². The third-order valence-corrected chi connectivity index (χ3v) is 6.61. The van der Waals surface area contributed by atoms with Gasteiger partial charge in [-0.25, -0.2) is 14.4 Å². The number of hydrogen-bond donors (Lipinski definition) is 3. The zero-order valence-corrected chi connectivity index (χ0v) is 22.7. The second-order valence-corrected chi connectivity index (χ2v) is 9.26. The number of carboxylic acid groups (broad SMARTS) is 1. The van der Waals surface area contributed by atoms with Gasteiger partial charge in [0.25, 0.3) is 5.91 Å². The summed E-state index contributed by atoms with van der Waals surface area (Å²) in [6, 6.07) is 17.7. The quantitative estimate of drug-likeness (QED) is 0.290. The van der Waals surface area contributed by atoms with E-state index >= 15 is 0 Å². The number of aromatic nitrogens is 2. The Morgan fingerprint density at radius 2 is 1.74 bits per heavy atom. The van der Waals surface area contributed by atoms with Crippen molar-refractivity contribution in [3.63, 3.8) is 0 Å². The van der Waals surface area contributed by atoms with E-state index in [1.54, 1.807) is 36.1 Å². The van der Waals surface area contributed by atoms with Gasteiger partial charge in [0.1, 0.15) is 11.5 Å². The lowest BCUT2D eigenvalue weighted by atomic mass is 9.97. The number of nitrogens with one attached hydrogen (secondary N) is 1. The SMILES string of the molecule is CC(CNCc1ccc(F)cc1-c1ccc2nc(N)nc(C(=O)N3Cc4ccccc4C3)c2c1)C(=O)O.Cl.Cl. The zero-order valence-electron chi connectivity index (χ0n) is 21.1. The van der Waals surface area contributed by atoms with Gasteiger partial charge in [-0.3, -0.25) is 9.59 Å². The van der Waals surface area contributed by atoms with Crippen molar-refractivity contribution in [3.05, 3.63) is 88.9 Å². The van der Waals surface area contributed by atoms with Crippen molar-refractivity contribution in [2.75, 3.05) is 12.3 Å². The van der Waals surface area contributed by atoms with E-state index in [1.807, 2.05) is 24.3 Å². The Kier molecular flexibility index (Phi) is 9.45. The van der Waals surface area contributed by atoms with E-state index in [4.69, 9.17) is 10.8 Å². The van der Waals surface area contributed by atoms with Crippen LogP contribution in [0.4, 0.5) is 10.3 Å². The fourth-order valence-electron chi connectivity index (χ4n) is 4.59. The monoisotopic (exact) mass is 571 g/mol. The molecule has 3 aromatic carbocycles. The summed E-state index contributed by atoms with van der Waals surface area (Å²) >= 11 is 0. The van der Waals surface area contributed by atoms with E-state index in [9.17, 15) is 14.0 Å². The maximum absolute atomic E-state index is 14.3. The smallest absolute Gasteiger partial charge is 0.307 e. The molecule has 5 rings (SSSR count). The van der Waals surface area contributed by atoms with E-state index < -0.39 is 17.7 Å². The number of carbonyl (C=O) groups excluding carboxylic acids is 1. The van der Waals surface area contributed by atoms with Crippen LogP contribution in [0.2, 0.25) is 0 Å². The molecule has 4 aromatic rings. The van der Waals surface area contributed by atoms with Crippen molar-refractivity contribution in [2.45, 2.75) is 26.6 Å². The van der Waals surface area contributed by atoms with Crippen LogP contribution in [0, 0.1) is 11.7 Å². The summed E-state index contributed by atoms with van der Waals surface area (Å²) in [5, 5.41) is 12.8. The highest BCUT2D eigenvalue weighted by Gasteiger charge is 2.27. The normalized spacial score (nSPS) is 12.8. The van der Waals surface area contributed by atoms with E-state index in [0.717, 1.165) is 16.7 Å². The Balaban J connectivity index is 0.00000210. The average molecular weight is 572 g/mol. The van der Waals surface area contributed by atoms with Crippen LogP contribution in [0.15, 0.2) is 60.7 Å². The molecule has 0 fully saturated rings. The predicted octanol–water partition coefficient (Wildman–Crippen LogP) is 4.83. The molecule has 0 spiro atoms. The Hall–Kier alpha value is -3.79. The minimum atomic E-state index is -0.890. The number of benzene rings is 3. The Morgan fingerprint density at radius 3 is 2.41 bits per heavy atom. The third-order valence-electron chi connectivity index (χ3n) is 6.61. The predicted molar refractivity (Wildman–Crippen MR) is 152 cm³/mol. The van der Waals surface area contributed by atoms with Crippen molar-refractivity contribution >= 4 is 53.5 Å². The third kappa shape index (κ3) is 6.27. The number of anilines is 1. The molecular weight excluding hydrogens is 544 g/mol. The van der Waals surface area contributed by atoms with E-state index in [1.165, 1.54) is 12.1 Å². The Morgan fingerprint density at radius 1 is 1.05 bits per heavy atom. The number of halogens is 3. The summed E-state index contributed by atoms with van der Waals surface area (Å²) in [7, 11) is 0. The van der Waals surface area contributed by atoms with E-state index in [2.05, 4.69) is 15.3 Å². The molecule has 4 N–H and O–H groups in total. The minimum absolute atomic E-state index is 0. The van der Waals surface area contributed by atoms with Crippen molar-refractivity contribution in [2.24, 2.45) is 5.92 Å². The van der Waals surface area contributed by atoms with Crippen LogP contribution in [-0.4, -0.2) is 38.4 Å².